The summed E-state index contributed by atoms with van der Waals surface area (Å²) < 4.78 is 0. The second-order valence-electron chi connectivity index (χ2n) is 4.64. The summed E-state index contributed by atoms with van der Waals surface area (Å²) >= 11 is 0. The molecule has 0 bridgehead atoms. The van der Waals surface area contributed by atoms with Gasteiger partial charge in [-0.3, -0.25) is 0 Å². The van der Waals surface area contributed by atoms with Crippen molar-refractivity contribution < 1.29 is 5.11 Å². The van der Waals surface area contributed by atoms with Gasteiger partial charge in [0.05, 0.1) is 0 Å². The normalized spacial score (nSPS) is 27.4. The smallest absolute Gasteiger partial charge is 0.115 e. The average Bonchev–Trinajstić information content (AvgIpc) is 2.94. The first kappa shape index (κ1) is 8.30. The Bertz CT molecular complexity index is 382. The third-order valence-electron chi connectivity index (χ3n) is 3.85. The first-order chi connectivity index (χ1) is 6.72. The summed E-state index contributed by atoms with van der Waals surface area (Å²) in [5, 5.41) is 9.49. The van der Waals surface area contributed by atoms with E-state index in [1.807, 2.05) is 6.07 Å². The first-order valence-corrected chi connectivity index (χ1v) is 5.30. The topological polar surface area (TPSA) is 46.2 Å². The van der Waals surface area contributed by atoms with Gasteiger partial charge >= 0.3 is 0 Å². The van der Waals surface area contributed by atoms with Crippen molar-refractivity contribution in [1.82, 2.24) is 0 Å². The van der Waals surface area contributed by atoms with Crippen LogP contribution in [-0.2, 0) is 11.8 Å². The molecule has 1 saturated carbocycles. The van der Waals surface area contributed by atoms with Gasteiger partial charge in [0.2, 0.25) is 0 Å². The van der Waals surface area contributed by atoms with E-state index >= 15 is 0 Å². The van der Waals surface area contributed by atoms with Gasteiger partial charge in [0, 0.05) is 11.5 Å². The van der Waals surface area contributed by atoms with Gasteiger partial charge in [-0.2, -0.15) is 0 Å². The van der Waals surface area contributed by atoms with E-state index in [0.717, 1.165) is 12.8 Å². The zero-order chi connectivity index (χ0) is 9.76. The average molecular weight is 189 g/mol. The molecule has 2 aliphatic carbocycles. The summed E-state index contributed by atoms with van der Waals surface area (Å²) in [4.78, 5) is 0. The van der Waals surface area contributed by atoms with E-state index < -0.39 is 0 Å². The Morgan fingerprint density at radius 1 is 1.36 bits per heavy atom. The van der Waals surface area contributed by atoms with Crippen LogP contribution in [0.5, 0.6) is 5.75 Å². The molecule has 0 radical (unpaired) electrons. The van der Waals surface area contributed by atoms with Gasteiger partial charge in [-0.25, -0.2) is 0 Å². The van der Waals surface area contributed by atoms with E-state index in [2.05, 4.69) is 6.07 Å². The molecule has 2 heteroatoms. The molecule has 0 amide bonds. The Hall–Kier alpha value is -1.02. The number of phenols is 1. The second-order valence-corrected chi connectivity index (χ2v) is 4.64. The fourth-order valence-corrected chi connectivity index (χ4v) is 2.81. The van der Waals surface area contributed by atoms with E-state index in [-0.39, 0.29) is 5.41 Å². The van der Waals surface area contributed by atoms with Crippen molar-refractivity contribution in [3.8, 4) is 5.75 Å². The molecule has 1 aromatic rings. The van der Waals surface area contributed by atoms with Crippen molar-refractivity contribution in [2.24, 2.45) is 5.73 Å². The lowest BCUT2D eigenvalue weighted by atomic mass is 9.77. The third kappa shape index (κ3) is 0.947. The Labute approximate surface area is 83.7 Å². The molecule has 14 heavy (non-hydrogen) atoms. The first-order valence-electron chi connectivity index (χ1n) is 5.30. The van der Waals surface area contributed by atoms with E-state index in [1.54, 1.807) is 6.07 Å². The highest BCUT2D eigenvalue weighted by molar-refractivity contribution is 5.46. The van der Waals surface area contributed by atoms with Gasteiger partial charge in [-0.15, -0.1) is 0 Å². The number of aromatic hydroxyl groups is 1. The lowest BCUT2D eigenvalue weighted by molar-refractivity contribution is 0.442. The standard InChI is InChI=1S/C12H15NO/c13-11-4-2-8-1-3-9(14)7-10(8)12(11)5-6-12/h1,3,7,11,14H,2,4-6,13H2. The van der Waals surface area contributed by atoms with E-state index in [4.69, 9.17) is 5.73 Å². The van der Waals surface area contributed by atoms with Crippen LogP contribution in [0, 0.1) is 0 Å². The zero-order valence-corrected chi connectivity index (χ0v) is 8.16. The van der Waals surface area contributed by atoms with Crippen LogP contribution in [0.1, 0.15) is 30.4 Å². The molecule has 0 saturated heterocycles. The number of hydrogen-bond acceptors (Lipinski definition) is 2. The zero-order valence-electron chi connectivity index (χ0n) is 8.16. The molecule has 1 fully saturated rings. The molecule has 0 aliphatic heterocycles. The fourth-order valence-electron chi connectivity index (χ4n) is 2.81. The number of hydrogen-bond donors (Lipinski definition) is 2. The van der Waals surface area contributed by atoms with Crippen LogP contribution >= 0.6 is 0 Å². The molecule has 2 nitrogen and oxygen atoms in total. The van der Waals surface area contributed by atoms with Crippen molar-refractivity contribution in [3.05, 3.63) is 29.3 Å². The molecule has 2 aliphatic rings. The number of fused-ring (bicyclic) bond motifs is 2. The Balaban J connectivity index is 2.16. The van der Waals surface area contributed by atoms with Gasteiger partial charge < -0.3 is 10.8 Å². The molecular formula is C12H15NO. The van der Waals surface area contributed by atoms with Gasteiger partial charge in [-0.1, -0.05) is 6.07 Å². The van der Waals surface area contributed by atoms with Gasteiger partial charge in [0.1, 0.15) is 5.75 Å². The van der Waals surface area contributed by atoms with Crippen molar-refractivity contribution in [3.63, 3.8) is 0 Å². The maximum atomic E-state index is 9.49. The summed E-state index contributed by atoms with van der Waals surface area (Å²) in [7, 11) is 0. The molecule has 1 atom stereocenters. The predicted molar refractivity (Wildman–Crippen MR) is 55.3 cm³/mol. The molecule has 3 N–H and O–H groups in total. The largest absolute Gasteiger partial charge is 0.508 e. The van der Waals surface area contributed by atoms with Crippen LogP contribution < -0.4 is 5.73 Å². The van der Waals surface area contributed by atoms with Crippen molar-refractivity contribution in [1.29, 1.82) is 0 Å². The molecule has 0 aromatic heterocycles. The number of rotatable bonds is 0. The summed E-state index contributed by atoms with van der Waals surface area (Å²) in [6.07, 6.45) is 4.56. The summed E-state index contributed by atoms with van der Waals surface area (Å²) in [5.74, 6) is 0.379. The summed E-state index contributed by atoms with van der Waals surface area (Å²) in [5.41, 5.74) is 9.09. The van der Waals surface area contributed by atoms with Crippen LogP contribution in [-0.4, -0.2) is 11.1 Å². The van der Waals surface area contributed by atoms with E-state index in [9.17, 15) is 5.11 Å². The summed E-state index contributed by atoms with van der Waals surface area (Å²) in [6.45, 7) is 0. The number of benzene rings is 1. The highest BCUT2D eigenvalue weighted by atomic mass is 16.3. The monoisotopic (exact) mass is 189 g/mol. The van der Waals surface area contributed by atoms with E-state index in [1.165, 1.54) is 24.0 Å². The second kappa shape index (κ2) is 2.51. The highest BCUT2D eigenvalue weighted by Crippen LogP contribution is 2.55. The quantitative estimate of drug-likeness (QED) is 0.652. The third-order valence-corrected chi connectivity index (χ3v) is 3.85. The number of nitrogens with two attached hydrogens (primary N) is 1. The molecular weight excluding hydrogens is 174 g/mol. The molecule has 0 heterocycles. The SMILES string of the molecule is NC1CCc2ccc(O)cc2C12CC2. The highest BCUT2D eigenvalue weighted by Gasteiger charge is 2.51. The minimum atomic E-state index is 0.228. The Kier molecular flexibility index (Phi) is 1.49. The molecule has 74 valence electrons. The fraction of sp³-hybridized carbons (Fsp3) is 0.500. The van der Waals surface area contributed by atoms with Crippen LogP contribution in [0.4, 0.5) is 0 Å². The molecule has 1 spiro atoms. The van der Waals surface area contributed by atoms with E-state index in [0.29, 0.717) is 11.8 Å². The van der Waals surface area contributed by atoms with Crippen LogP contribution in [0.2, 0.25) is 0 Å². The van der Waals surface area contributed by atoms with Crippen LogP contribution in [0.3, 0.4) is 0 Å². The van der Waals surface area contributed by atoms with Gasteiger partial charge in [0.15, 0.2) is 0 Å². The van der Waals surface area contributed by atoms with Crippen molar-refractivity contribution in [2.45, 2.75) is 37.1 Å². The Morgan fingerprint density at radius 3 is 2.86 bits per heavy atom. The minimum absolute atomic E-state index is 0.228. The lowest BCUT2D eigenvalue weighted by Gasteiger charge is -2.31. The number of aryl methyl sites for hydroxylation is 1. The molecule has 1 aromatic carbocycles. The molecule has 1 unspecified atom stereocenters. The van der Waals surface area contributed by atoms with Crippen molar-refractivity contribution in [2.75, 3.05) is 0 Å². The minimum Gasteiger partial charge on any atom is -0.508 e. The number of phenolic OH excluding ortho intramolecular Hbond substituents is 1. The van der Waals surface area contributed by atoms with Crippen LogP contribution in [0.15, 0.2) is 18.2 Å². The van der Waals surface area contributed by atoms with Crippen LogP contribution in [0.25, 0.3) is 0 Å². The van der Waals surface area contributed by atoms with Gasteiger partial charge in [-0.05, 0) is 48.9 Å². The van der Waals surface area contributed by atoms with Gasteiger partial charge in [0.25, 0.3) is 0 Å². The Morgan fingerprint density at radius 2 is 2.14 bits per heavy atom. The summed E-state index contributed by atoms with van der Waals surface area (Å²) in [6, 6.07) is 6.06. The maximum Gasteiger partial charge on any atom is 0.115 e. The van der Waals surface area contributed by atoms with Crippen molar-refractivity contribution >= 4 is 0 Å². The predicted octanol–water partition coefficient (Wildman–Crippen LogP) is 1.70. The lowest BCUT2D eigenvalue weighted by Crippen LogP contribution is -2.39. The maximum absolute atomic E-state index is 9.49. The molecule has 3 rings (SSSR count).